The number of rotatable bonds is 4. The van der Waals surface area contributed by atoms with Gasteiger partial charge in [-0.25, -0.2) is 4.79 Å². The second-order valence-corrected chi connectivity index (χ2v) is 10.1. The lowest BCUT2D eigenvalue weighted by atomic mass is 9.88. The van der Waals surface area contributed by atoms with E-state index in [9.17, 15) is 9.59 Å². The third-order valence-electron chi connectivity index (χ3n) is 7.76. The number of carbonyl (C=O) groups is 2. The minimum absolute atomic E-state index is 0.121. The summed E-state index contributed by atoms with van der Waals surface area (Å²) in [5.41, 5.74) is 3.84. The maximum absolute atomic E-state index is 12.9. The van der Waals surface area contributed by atoms with E-state index in [4.69, 9.17) is 4.74 Å². The minimum Gasteiger partial charge on any atom is -0.378 e. The number of hydrogen-bond acceptors (Lipinski definition) is 4. The summed E-state index contributed by atoms with van der Waals surface area (Å²) in [6.07, 6.45) is 6.01. The highest BCUT2D eigenvalue weighted by molar-refractivity contribution is 6.04. The highest BCUT2D eigenvalue weighted by atomic mass is 16.5. The quantitative estimate of drug-likeness (QED) is 0.691. The van der Waals surface area contributed by atoms with Gasteiger partial charge in [0.15, 0.2) is 0 Å². The van der Waals surface area contributed by atoms with Gasteiger partial charge >= 0.3 is 6.03 Å². The molecule has 0 aliphatic carbocycles. The standard InChI is InChI=1S/C27H37N5O3/c1-20-6-11-30(12-7-20)25-19-22(4-5-23(25)29-26(33)24-3-2-10-28-24)21-8-13-31(14-9-21)27(34)32-15-17-35-18-16-32/h2-5,10,19-21,28H,6-9,11-18H2,1H3,(H,29,33). The molecule has 0 radical (unpaired) electrons. The SMILES string of the molecule is CC1CCN(c2cc(C3CCN(C(=O)N4CCOCC4)CC3)ccc2NC(=O)c2ccc[nH]2)CC1. The van der Waals surface area contributed by atoms with Gasteiger partial charge in [-0.15, -0.1) is 0 Å². The minimum atomic E-state index is -0.121. The maximum atomic E-state index is 12.9. The van der Waals surface area contributed by atoms with Crippen LogP contribution in [0.4, 0.5) is 16.2 Å². The van der Waals surface area contributed by atoms with Crippen LogP contribution in [0, 0.1) is 5.92 Å². The van der Waals surface area contributed by atoms with Gasteiger partial charge in [-0.1, -0.05) is 13.0 Å². The lowest BCUT2D eigenvalue weighted by Crippen LogP contribution is -2.50. The van der Waals surface area contributed by atoms with E-state index in [0.29, 0.717) is 37.9 Å². The van der Waals surface area contributed by atoms with Gasteiger partial charge in [0.2, 0.25) is 0 Å². The molecule has 3 fully saturated rings. The molecule has 2 aromatic rings. The molecular weight excluding hydrogens is 442 g/mol. The number of anilines is 2. The molecule has 3 saturated heterocycles. The predicted octanol–water partition coefficient (Wildman–Crippen LogP) is 4.13. The number of urea groups is 1. The summed E-state index contributed by atoms with van der Waals surface area (Å²) in [5.74, 6) is 1.03. The van der Waals surface area contributed by atoms with Crippen LogP contribution in [0.3, 0.4) is 0 Å². The molecule has 1 aromatic carbocycles. The third-order valence-corrected chi connectivity index (χ3v) is 7.76. The summed E-state index contributed by atoms with van der Waals surface area (Å²) < 4.78 is 5.39. The number of aromatic nitrogens is 1. The second-order valence-electron chi connectivity index (χ2n) is 10.1. The molecule has 0 atom stereocenters. The van der Waals surface area contributed by atoms with Gasteiger partial charge in [-0.05, 0) is 67.3 Å². The van der Waals surface area contributed by atoms with Gasteiger partial charge < -0.3 is 29.7 Å². The van der Waals surface area contributed by atoms with Crippen molar-refractivity contribution in [2.45, 2.75) is 38.5 Å². The van der Waals surface area contributed by atoms with E-state index >= 15 is 0 Å². The first-order valence-electron chi connectivity index (χ1n) is 13.0. The summed E-state index contributed by atoms with van der Waals surface area (Å²) >= 11 is 0. The number of likely N-dealkylation sites (tertiary alicyclic amines) is 1. The van der Waals surface area contributed by atoms with Gasteiger partial charge in [0, 0.05) is 45.5 Å². The fourth-order valence-corrected chi connectivity index (χ4v) is 5.44. The monoisotopic (exact) mass is 479 g/mol. The average Bonchev–Trinajstić information content (AvgIpc) is 3.45. The molecule has 2 N–H and O–H groups in total. The number of piperidine rings is 2. The number of H-pyrrole nitrogens is 1. The zero-order chi connectivity index (χ0) is 24.2. The number of carbonyl (C=O) groups excluding carboxylic acids is 2. The van der Waals surface area contributed by atoms with Crippen LogP contribution < -0.4 is 10.2 Å². The number of amides is 3. The number of ether oxygens (including phenoxy) is 1. The Labute approximate surface area is 207 Å². The van der Waals surface area contributed by atoms with Crippen molar-refractivity contribution in [1.82, 2.24) is 14.8 Å². The van der Waals surface area contributed by atoms with Gasteiger partial charge in [0.1, 0.15) is 5.69 Å². The van der Waals surface area contributed by atoms with E-state index in [-0.39, 0.29) is 11.9 Å². The van der Waals surface area contributed by atoms with Crippen molar-refractivity contribution in [3.05, 3.63) is 47.8 Å². The van der Waals surface area contributed by atoms with Gasteiger partial charge in [-0.2, -0.15) is 0 Å². The van der Waals surface area contributed by atoms with Crippen LogP contribution in [0.2, 0.25) is 0 Å². The molecule has 3 aliphatic rings. The molecule has 4 heterocycles. The summed E-state index contributed by atoms with van der Waals surface area (Å²) in [6.45, 7) is 8.52. The number of aromatic amines is 1. The Kier molecular flexibility index (Phi) is 7.27. The Morgan fingerprint density at radius 2 is 1.66 bits per heavy atom. The third kappa shape index (κ3) is 5.48. The van der Waals surface area contributed by atoms with Gasteiger partial charge in [0.25, 0.3) is 5.91 Å². The van der Waals surface area contributed by atoms with Crippen molar-refractivity contribution >= 4 is 23.3 Å². The summed E-state index contributed by atoms with van der Waals surface area (Å²) in [4.78, 5) is 35.0. The fourth-order valence-electron chi connectivity index (χ4n) is 5.44. The molecule has 0 saturated carbocycles. The molecule has 8 heteroatoms. The van der Waals surface area contributed by atoms with E-state index in [1.54, 1.807) is 12.3 Å². The Morgan fingerprint density at radius 1 is 0.943 bits per heavy atom. The van der Waals surface area contributed by atoms with Crippen LogP contribution in [-0.4, -0.2) is 79.2 Å². The number of benzene rings is 1. The number of morpholine rings is 1. The average molecular weight is 480 g/mol. The van der Waals surface area contributed by atoms with Crippen LogP contribution in [0.1, 0.15) is 54.6 Å². The number of nitrogens with one attached hydrogen (secondary N) is 2. The molecule has 0 spiro atoms. The Balaban J connectivity index is 1.29. The molecule has 3 amide bonds. The first-order chi connectivity index (χ1) is 17.1. The van der Waals surface area contributed by atoms with E-state index in [0.717, 1.165) is 69.2 Å². The van der Waals surface area contributed by atoms with E-state index < -0.39 is 0 Å². The van der Waals surface area contributed by atoms with Gasteiger partial charge in [-0.3, -0.25) is 4.79 Å². The number of nitrogens with zero attached hydrogens (tertiary/aromatic N) is 3. The maximum Gasteiger partial charge on any atom is 0.320 e. The second kappa shape index (κ2) is 10.7. The summed E-state index contributed by atoms with van der Waals surface area (Å²) in [6, 6.07) is 10.3. The van der Waals surface area contributed by atoms with Gasteiger partial charge in [0.05, 0.1) is 24.6 Å². The van der Waals surface area contributed by atoms with E-state index in [2.05, 4.69) is 40.3 Å². The molecule has 3 aliphatic heterocycles. The van der Waals surface area contributed by atoms with Crippen molar-refractivity contribution in [3.8, 4) is 0 Å². The zero-order valence-electron chi connectivity index (χ0n) is 20.7. The molecule has 0 bridgehead atoms. The lowest BCUT2D eigenvalue weighted by molar-refractivity contribution is 0.0411. The first kappa shape index (κ1) is 23.7. The Bertz CT molecular complexity index is 1000. The summed E-state index contributed by atoms with van der Waals surface area (Å²) in [7, 11) is 0. The van der Waals surface area contributed by atoms with Crippen molar-refractivity contribution < 1.29 is 14.3 Å². The van der Waals surface area contributed by atoms with Crippen LogP contribution in [0.25, 0.3) is 0 Å². The predicted molar refractivity (Wildman–Crippen MR) is 137 cm³/mol. The van der Waals surface area contributed by atoms with Crippen molar-refractivity contribution in [3.63, 3.8) is 0 Å². The Morgan fingerprint density at radius 3 is 2.34 bits per heavy atom. The van der Waals surface area contributed by atoms with Crippen molar-refractivity contribution in [1.29, 1.82) is 0 Å². The summed E-state index contributed by atoms with van der Waals surface area (Å²) in [5, 5.41) is 3.13. The van der Waals surface area contributed by atoms with Crippen LogP contribution >= 0.6 is 0 Å². The van der Waals surface area contributed by atoms with E-state index in [1.807, 2.05) is 15.9 Å². The zero-order valence-corrected chi connectivity index (χ0v) is 20.7. The Hall–Kier alpha value is -3.00. The van der Waals surface area contributed by atoms with Crippen LogP contribution in [0.15, 0.2) is 36.5 Å². The van der Waals surface area contributed by atoms with Crippen molar-refractivity contribution in [2.75, 3.05) is 62.7 Å². The molecule has 0 unspecified atom stereocenters. The normalized spacial score (nSPS) is 20.2. The molecule has 1 aromatic heterocycles. The van der Waals surface area contributed by atoms with Crippen LogP contribution in [-0.2, 0) is 4.74 Å². The highest BCUT2D eigenvalue weighted by Crippen LogP contribution is 2.36. The molecule has 8 nitrogen and oxygen atoms in total. The van der Waals surface area contributed by atoms with E-state index in [1.165, 1.54) is 5.56 Å². The molecule has 35 heavy (non-hydrogen) atoms. The molecule has 5 rings (SSSR count). The lowest BCUT2D eigenvalue weighted by Gasteiger charge is -2.38. The van der Waals surface area contributed by atoms with Crippen LogP contribution in [0.5, 0.6) is 0 Å². The fraction of sp³-hybridized carbons (Fsp3) is 0.556. The molecular formula is C27H37N5O3. The smallest absolute Gasteiger partial charge is 0.320 e. The number of hydrogen-bond donors (Lipinski definition) is 2. The molecule has 188 valence electrons. The topological polar surface area (TPSA) is 80.9 Å². The van der Waals surface area contributed by atoms with Crippen molar-refractivity contribution in [2.24, 2.45) is 5.92 Å². The first-order valence-corrected chi connectivity index (χ1v) is 13.0. The largest absolute Gasteiger partial charge is 0.378 e. The highest BCUT2D eigenvalue weighted by Gasteiger charge is 2.29.